The van der Waals surface area contributed by atoms with Crippen LogP contribution in [-0.4, -0.2) is 60.5 Å². The van der Waals surface area contributed by atoms with Crippen LogP contribution in [0.5, 0.6) is 0 Å². The zero-order valence-electron chi connectivity index (χ0n) is 26.5. The summed E-state index contributed by atoms with van der Waals surface area (Å²) < 4.78 is 2.03. The van der Waals surface area contributed by atoms with Crippen molar-refractivity contribution < 1.29 is 19.5 Å². The van der Waals surface area contributed by atoms with Crippen LogP contribution in [0.25, 0.3) is 0 Å². The Bertz CT molecular complexity index is 1890. The number of benzene rings is 4. The standard InChI is InChI=1S/C39H34N4O4S2/c44-33(23-27-13-5-1-6-14-27)41-34-36(45)43-35(38(46)47)32(26-49-37(34)43)48-22-21-28-24-40-42(25-28)39(29-15-7-2-8-16-29,30-17-9-3-10-18-30)31-19-11-4-12-20-31/h1-20,24-25,34,37H,21-23,26H2,(H,41,44)(H,46,47)/t34-,37-/m1/s1. The van der Waals surface area contributed by atoms with Gasteiger partial charge in [0, 0.05) is 22.6 Å². The maximum Gasteiger partial charge on any atom is 0.353 e. The number of aromatic nitrogens is 2. The van der Waals surface area contributed by atoms with Crippen molar-refractivity contribution in [3.8, 4) is 0 Å². The van der Waals surface area contributed by atoms with Gasteiger partial charge in [-0.3, -0.25) is 19.2 Å². The number of carbonyl (C=O) groups is 3. The van der Waals surface area contributed by atoms with Crippen molar-refractivity contribution in [2.45, 2.75) is 29.8 Å². The summed E-state index contributed by atoms with van der Waals surface area (Å²) in [7, 11) is 0. The maximum absolute atomic E-state index is 13.2. The molecular formula is C39H34N4O4S2. The number of fused-ring (bicyclic) bond motifs is 1. The Balaban J connectivity index is 1.09. The molecule has 7 rings (SSSR count). The van der Waals surface area contributed by atoms with E-state index in [0.29, 0.717) is 22.8 Å². The van der Waals surface area contributed by atoms with Gasteiger partial charge in [0.25, 0.3) is 5.91 Å². The van der Waals surface area contributed by atoms with E-state index in [-0.39, 0.29) is 18.0 Å². The van der Waals surface area contributed by atoms with E-state index < -0.39 is 28.8 Å². The number of carbonyl (C=O) groups excluding carboxylic acids is 2. The number of rotatable bonds is 12. The van der Waals surface area contributed by atoms with Crippen molar-refractivity contribution in [1.29, 1.82) is 0 Å². The lowest BCUT2D eigenvalue weighted by Crippen LogP contribution is -2.70. The molecule has 0 saturated carbocycles. The highest BCUT2D eigenvalue weighted by Gasteiger charge is 2.54. The van der Waals surface area contributed by atoms with Crippen LogP contribution in [0.4, 0.5) is 0 Å². The first-order valence-electron chi connectivity index (χ1n) is 16.0. The molecule has 2 atom stereocenters. The molecule has 0 unspecified atom stereocenters. The van der Waals surface area contributed by atoms with E-state index in [2.05, 4.69) is 47.9 Å². The summed E-state index contributed by atoms with van der Waals surface area (Å²) in [5.41, 5.74) is 4.40. The van der Waals surface area contributed by atoms with E-state index in [4.69, 9.17) is 5.10 Å². The minimum absolute atomic E-state index is 0.0132. The first kappa shape index (κ1) is 32.5. The highest BCUT2D eigenvalue weighted by Crippen LogP contribution is 2.44. The normalized spacial score (nSPS) is 17.3. The van der Waals surface area contributed by atoms with E-state index in [9.17, 15) is 19.5 Å². The summed E-state index contributed by atoms with van der Waals surface area (Å²) in [6, 6.07) is 39.6. The largest absolute Gasteiger partial charge is 0.477 e. The average Bonchev–Trinajstić information content (AvgIpc) is 3.61. The molecule has 246 valence electrons. The zero-order valence-corrected chi connectivity index (χ0v) is 28.1. The Morgan fingerprint density at radius 1 is 0.837 bits per heavy atom. The second kappa shape index (κ2) is 14.2. The molecule has 0 radical (unpaired) electrons. The molecule has 1 aromatic heterocycles. The molecule has 0 bridgehead atoms. The summed E-state index contributed by atoms with van der Waals surface area (Å²) in [6.45, 7) is 0. The molecule has 1 saturated heterocycles. The van der Waals surface area contributed by atoms with Gasteiger partial charge >= 0.3 is 5.97 Å². The molecule has 49 heavy (non-hydrogen) atoms. The fourth-order valence-electron chi connectivity index (χ4n) is 6.61. The summed E-state index contributed by atoms with van der Waals surface area (Å²) >= 11 is 2.93. The van der Waals surface area contributed by atoms with Gasteiger partial charge in [0.15, 0.2) is 0 Å². The highest BCUT2D eigenvalue weighted by atomic mass is 32.2. The van der Waals surface area contributed by atoms with Crippen LogP contribution >= 0.6 is 23.5 Å². The fourth-order valence-corrected chi connectivity index (χ4v) is 9.24. The van der Waals surface area contributed by atoms with Gasteiger partial charge in [0.05, 0.1) is 12.6 Å². The average molecular weight is 687 g/mol. The van der Waals surface area contributed by atoms with Gasteiger partial charge in [-0.25, -0.2) is 4.79 Å². The van der Waals surface area contributed by atoms with E-state index >= 15 is 0 Å². The molecule has 10 heteroatoms. The third-order valence-corrected chi connectivity index (χ3v) is 11.4. The maximum atomic E-state index is 13.2. The molecule has 2 aliphatic rings. The minimum Gasteiger partial charge on any atom is -0.477 e. The van der Waals surface area contributed by atoms with E-state index in [1.54, 1.807) is 0 Å². The monoisotopic (exact) mass is 686 g/mol. The second-order valence-electron chi connectivity index (χ2n) is 11.9. The van der Waals surface area contributed by atoms with Crippen molar-refractivity contribution >= 4 is 41.3 Å². The molecule has 8 nitrogen and oxygen atoms in total. The number of aliphatic carboxylic acids is 1. The van der Waals surface area contributed by atoms with Crippen LogP contribution < -0.4 is 5.32 Å². The number of carboxylic acids is 1. The Hall–Kier alpha value is -5.06. The lowest BCUT2D eigenvalue weighted by molar-refractivity contribution is -0.150. The highest BCUT2D eigenvalue weighted by molar-refractivity contribution is 8.06. The van der Waals surface area contributed by atoms with Crippen LogP contribution in [0.2, 0.25) is 0 Å². The van der Waals surface area contributed by atoms with E-state index in [1.807, 2.05) is 95.8 Å². The Morgan fingerprint density at radius 3 is 1.94 bits per heavy atom. The van der Waals surface area contributed by atoms with Gasteiger partial charge in [0.1, 0.15) is 22.7 Å². The summed E-state index contributed by atoms with van der Waals surface area (Å²) in [6.07, 6.45) is 4.76. The summed E-state index contributed by atoms with van der Waals surface area (Å²) in [5.74, 6) is -0.736. The quantitative estimate of drug-likeness (QED) is 0.124. The SMILES string of the molecule is O=C(Cc1ccccc1)N[C@@H]1C(=O)N2C(C(=O)O)=C(SCCc3cnn(C(c4ccccc4)(c4ccccc4)c4ccccc4)c3)CS[C@H]12. The molecule has 2 amide bonds. The van der Waals surface area contributed by atoms with E-state index in [0.717, 1.165) is 27.8 Å². The molecule has 5 aromatic rings. The molecule has 0 aliphatic carbocycles. The van der Waals surface area contributed by atoms with Crippen LogP contribution in [-0.2, 0) is 32.8 Å². The lowest BCUT2D eigenvalue weighted by atomic mass is 9.77. The van der Waals surface area contributed by atoms with Crippen LogP contribution in [0.15, 0.2) is 144 Å². The number of carboxylic acid groups (broad SMARTS) is 1. The molecule has 2 N–H and O–H groups in total. The number of aryl methyl sites for hydroxylation is 1. The smallest absolute Gasteiger partial charge is 0.353 e. The zero-order chi connectivity index (χ0) is 33.8. The van der Waals surface area contributed by atoms with Gasteiger partial charge in [-0.1, -0.05) is 121 Å². The summed E-state index contributed by atoms with van der Waals surface area (Å²) in [5, 5.41) is 17.5. The third kappa shape index (κ3) is 6.29. The molecule has 2 aliphatic heterocycles. The number of thioether (sulfide) groups is 2. The Labute approximate surface area is 293 Å². The minimum atomic E-state index is -1.14. The topological polar surface area (TPSA) is 105 Å². The number of nitrogens with zero attached hydrogens (tertiary/aromatic N) is 3. The third-order valence-electron chi connectivity index (χ3n) is 8.88. The van der Waals surface area contributed by atoms with Crippen molar-refractivity contribution in [1.82, 2.24) is 20.0 Å². The number of amides is 2. The van der Waals surface area contributed by atoms with Gasteiger partial charge < -0.3 is 10.4 Å². The van der Waals surface area contributed by atoms with Crippen molar-refractivity contribution in [2.24, 2.45) is 0 Å². The molecule has 3 heterocycles. The van der Waals surface area contributed by atoms with Crippen LogP contribution in [0, 0.1) is 0 Å². The van der Waals surface area contributed by atoms with Gasteiger partial charge in [-0.05, 0) is 34.2 Å². The van der Waals surface area contributed by atoms with Gasteiger partial charge in [0.2, 0.25) is 5.91 Å². The van der Waals surface area contributed by atoms with Crippen molar-refractivity contribution in [3.63, 3.8) is 0 Å². The molecule has 0 spiro atoms. The molecule has 4 aromatic carbocycles. The lowest BCUT2D eigenvalue weighted by Gasteiger charge is -2.49. The first-order valence-corrected chi connectivity index (χ1v) is 18.1. The number of hydrogen-bond acceptors (Lipinski definition) is 6. The second-order valence-corrected chi connectivity index (χ2v) is 14.2. The fraction of sp³-hybridized carbons (Fsp3) is 0.179. The Kier molecular flexibility index (Phi) is 9.41. The predicted octanol–water partition coefficient (Wildman–Crippen LogP) is 5.94. The van der Waals surface area contributed by atoms with Gasteiger partial charge in [-0.15, -0.1) is 23.5 Å². The van der Waals surface area contributed by atoms with Gasteiger partial charge in [-0.2, -0.15) is 5.10 Å². The van der Waals surface area contributed by atoms with Crippen LogP contribution in [0.3, 0.4) is 0 Å². The van der Waals surface area contributed by atoms with Crippen molar-refractivity contribution in [3.05, 3.63) is 172 Å². The van der Waals surface area contributed by atoms with Crippen LogP contribution in [0.1, 0.15) is 27.8 Å². The molecule has 1 fully saturated rings. The molecular weight excluding hydrogens is 653 g/mol. The van der Waals surface area contributed by atoms with E-state index in [1.165, 1.54) is 28.4 Å². The number of nitrogens with one attached hydrogen (secondary N) is 1. The summed E-state index contributed by atoms with van der Waals surface area (Å²) in [4.78, 5) is 40.3. The predicted molar refractivity (Wildman–Crippen MR) is 193 cm³/mol. The number of hydrogen-bond donors (Lipinski definition) is 2. The number of β-lactam (4-membered cyclic amide) rings is 1. The van der Waals surface area contributed by atoms with Crippen molar-refractivity contribution in [2.75, 3.05) is 11.5 Å². The first-order chi connectivity index (χ1) is 24.0. The Morgan fingerprint density at radius 2 is 1.39 bits per heavy atom.